The first-order chi connectivity index (χ1) is 24.3. The van der Waals surface area contributed by atoms with Crippen LogP contribution < -0.4 is 0 Å². The van der Waals surface area contributed by atoms with Crippen molar-refractivity contribution in [3.8, 4) is 45.0 Å². The highest BCUT2D eigenvalue weighted by Crippen LogP contribution is 2.45. The maximum atomic E-state index is 6.48. The predicted octanol–water partition coefficient (Wildman–Crippen LogP) is 12.5. The molecule has 10 aromatic rings. The van der Waals surface area contributed by atoms with E-state index < -0.39 is 0 Å². The Kier molecular flexibility index (Phi) is 6.18. The number of pyridine rings is 1. The van der Waals surface area contributed by atoms with E-state index in [4.69, 9.17) is 14.4 Å². The fourth-order valence-electron chi connectivity index (χ4n) is 7.46. The number of nitrogens with zero attached hydrogens (tertiary/aromatic N) is 2. The van der Waals surface area contributed by atoms with Crippen LogP contribution in [0.15, 0.2) is 174 Å². The third kappa shape index (κ3) is 4.44. The van der Waals surface area contributed by atoms with E-state index in [2.05, 4.69) is 127 Å². The van der Waals surface area contributed by atoms with E-state index in [1.54, 1.807) is 0 Å². The van der Waals surface area contributed by atoms with Gasteiger partial charge in [0, 0.05) is 28.3 Å². The van der Waals surface area contributed by atoms with Crippen LogP contribution in [0.5, 0.6) is 0 Å². The Hall–Kier alpha value is -6.58. The fourth-order valence-corrected chi connectivity index (χ4v) is 7.46. The fraction of sp³-hybridized carbons (Fsp3) is 0. The summed E-state index contributed by atoms with van der Waals surface area (Å²) in [6, 6.07) is 57.8. The summed E-state index contributed by atoms with van der Waals surface area (Å²) in [6.45, 7) is 0. The van der Waals surface area contributed by atoms with Gasteiger partial charge in [0.2, 0.25) is 5.89 Å². The van der Waals surface area contributed by atoms with Crippen LogP contribution in [0.1, 0.15) is 0 Å². The molecular formula is C46H28N2O. The van der Waals surface area contributed by atoms with Crippen molar-refractivity contribution < 1.29 is 4.42 Å². The molecule has 0 aliphatic heterocycles. The first-order valence-electron chi connectivity index (χ1n) is 16.6. The third-order valence-electron chi connectivity index (χ3n) is 9.72. The molecule has 2 aromatic heterocycles. The average molecular weight is 625 g/mol. The Balaban J connectivity index is 1.17. The van der Waals surface area contributed by atoms with Crippen LogP contribution in [0.2, 0.25) is 0 Å². The van der Waals surface area contributed by atoms with Gasteiger partial charge in [-0.15, -0.1) is 0 Å². The number of hydrogen-bond acceptors (Lipinski definition) is 3. The van der Waals surface area contributed by atoms with Crippen LogP contribution in [-0.4, -0.2) is 9.97 Å². The highest BCUT2D eigenvalue weighted by Gasteiger charge is 2.18. The van der Waals surface area contributed by atoms with Crippen molar-refractivity contribution >= 4 is 54.2 Å². The second-order valence-electron chi connectivity index (χ2n) is 12.5. The first kappa shape index (κ1) is 27.5. The van der Waals surface area contributed by atoms with E-state index in [9.17, 15) is 0 Å². The van der Waals surface area contributed by atoms with Gasteiger partial charge in [-0.2, -0.15) is 0 Å². The largest absolute Gasteiger partial charge is 0.435 e. The highest BCUT2D eigenvalue weighted by molar-refractivity contribution is 6.23. The Morgan fingerprint density at radius 1 is 0.408 bits per heavy atom. The number of benzene rings is 8. The molecule has 0 bridgehead atoms. The normalized spacial score (nSPS) is 11.7. The summed E-state index contributed by atoms with van der Waals surface area (Å²) in [6.07, 6.45) is 2.02. The molecule has 49 heavy (non-hydrogen) atoms. The van der Waals surface area contributed by atoms with Gasteiger partial charge in [-0.25, -0.2) is 4.98 Å². The highest BCUT2D eigenvalue weighted by atomic mass is 16.3. The van der Waals surface area contributed by atoms with Gasteiger partial charge < -0.3 is 4.42 Å². The first-order valence-corrected chi connectivity index (χ1v) is 16.6. The molecule has 0 aliphatic rings. The van der Waals surface area contributed by atoms with Gasteiger partial charge in [0.05, 0.1) is 5.69 Å². The monoisotopic (exact) mass is 624 g/mol. The minimum atomic E-state index is 0.639. The molecule has 10 rings (SSSR count). The van der Waals surface area contributed by atoms with Gasteiger partial charge in [0.1, 0.15) is 5.52 Å². The average Bonchev–Trinajstić information content (AvgIpc) is 3.62. The van der Waals surface area contributed by atoms with Crippen molar-refractivity contribution in [2.45, 2.75) is 0 Å². The summed E-state index contributed by atoms with van der Waals surface area (Å²) >= 11 is 0. The molecule has 2 heterocycles. The van der Waals surface area contributed by atoms with Crippen molar-refractivity contribution in [1.82, 2.24) is 9.97 Å². The molecule has 0 fully saturated rings. The van der Waals surface area contributed by atoms with Gasteiger partial charge in [0.25, 0.3) is 0 Å². The molecule has 3 heteroatoms. The van der Waals surface area contributed by atoms with Gasteiger partial charge in [-0.1, -0.05) is 133 Å². The summed E-state index contributed by atoms with van der Waals surface area (Å²) in [4.78, 5) is 9.76. The van der Waals surface area contributed by atoms with Gasteiger partial charge >= 0.3 is 0 Å². The summed E-state index contributed by atoms with van der Waals surface area (Å²) in [5.74, 6) is 0.639. The summed E-state index contributed by atoms with van der Waals surface area (Å²) < 4.78 is 6.48. The van der Waals surface area contributed by atoms with Crippen molar-refractivity contribution in [2.24, 2.45) is 0 Å². The second kappa shape index (κ2) is 11.0. The Bertz CT molecular complexity index is 2800. The molecule has 0 saturated heterocycles. The zero-order valence-electron chi connectivity index (χ0n) is 26.5. The zero-order chi connectivity index (χ0) is 32.3. The predicted molar refractivity (Wildman–Crippen MR) is 204 cm³/mol. The maximum Gasteiger partial charge on any atom is 0.227 e. The van der Waals surface area contributed by atoms with Crippen molar-refractivity contribution in [2.75, 3.05) is 0 Å². The molecule has 0 spiro atoms. The van der Waals surface area contributed by atoms with E-state index in [-0.39, 0.29) is 0 Å². The molecular weight excluding hydrogens is 597 g/mol. The number of fused-ring (bicyclic) bond motifs is 7. The smallest absolute Gasteiger partial charge is 0.227 e. The SMILES string of the molecule is c1ccc(-c2ccc(-c3c4ccccc4c(-c4ccc5c(ccc6ccc7nc(-c8ccccc8)oc7c65)c4)c4ccccc34)cn2)cc1. The molecule has 0 amide bonds. The number of aromatic nitrogens is 2. The minimum Gasteiger partial charge on any atom is -0.435 e. The lowest BCUT2D eigenvalue weighted by Gasteiger charge is -2.18. The zero-order valence-corrected chi connectivity index (χ0v) is 26.5. The molecule has 0 radical (unpaired) electrons. The number of rotatable bonds is 4. The van der Waals surface area contributed by atoms with Crippen LogP contribution in [0.3, 0.4) is 0 Å². The molecule has 3 nitrogen and oxygen atoms in total. The lowest BCUT2D eigenvalue weighted by atomic mass is 9.85. The van der Waals surface area contributed by atoms with Crippen LogP contribution in [0.4, 0.5) is 0 Å². The van der Waals surface area contributed by atoms with E-state index in [0.29, 0.717) is 5.89 Å². The van der Waals surface area contributed by atoms with Crippen LogP contribution in [0.25, 0.3) is 99.2 Å². The van der Waals surface area contributed by atoms with Gasteiger partial charge in [0.15, 0.2) is 5.58 Å². The standard InChI is InChI=1S/C46H28N2O/c1-3-11-29(12-4-1)40-25-23-34(28-47-40)43-38-17-9-7-15-36(38)42(37-16-8-10-18-39(37)43)33-21-24-35-32(27-33)20-19-30-22-26-41-45(44(30)35)49-46(48-41)31-13-5-2-6-14-31/h1-28H. The Morgan fingerprint density at radius 2 is 0.980 bits per heavy atom. The Labute approximate surface area is 282 Å². The van der Waals surface area contributed by atoms with Crippen molar-refractivity contribution in [3.05, 3.63) is 170 Å². The molecule has 0 unspecified atom stereocenters. The molecule has 0 aliphatic carbocycles. The molecule has 0 N–H and O–H groups in total. The van der Waals surface area contributed by atoms with E-state index in [0.717, 1.165) is 55.0 Å². The third-order valence-corrected chi connectivity index (χ3v) is 9.72. The quantitative estimate of drug-likeness (QED) is 0.144. The van der Waals surface area contributed by atoms with E-state index >= 15 is 0 Å². The lowest BCUT2D eigenvalue weighted by molar-refractivity contribution is 0.623. The molecule has 8 aromatic carbocycles. The number of oxazole rings is 1. The summed E-state index contributed by atoms with van der Waals surface area (Å²) in [5, 5.41) is 9.39. The Morgan fingerprint density at radius 3 is 1.63 bits per heavy atom. The second-order valence-corrected chi connectivity index (χ2v) is 12.5. The lowest BCUT2D eigenvalue weighted by Crippen LogP contribution is -1.92. The topological polar surface area (TPSA) is 38.9 Å². The van der Waals surface area contributed by atoms with Crippen LogP contribution in [0, 0.1) is 0 Å². The van der Waals surface area contributed by atoms with Gasteiger partial charge in [-0.3, -0.25) is 4.98 Å². The van der Waals surface area contributed by atoms with Crippen LogP contribution >= 0.6 is 0 Å². The van der Waals surface area contributed by atoms with Gasteiger partial charge in [-0.05, 0) is 84.7 Å². The van der Waals surface area contributed by atoms with E-state index in [1.165, 1.54) is 38.2 Å². The van der Waals surface area contributed by atoms with Crippen molar-refractivity contribution in [3.63, 3.8) is 0 Å². The van der Waals surface area contributed by atoms with E-state index in [1.807, 2.05) is 42.6 Å². The summed E-state index contributed by atoms with van der Waals surface area (Å²) in [5.41, 5.74) is 9.46. The van der Waals surface area contributed by atoms with Crippen LogP contribution in [-0.2, 0) is 0 Å². The molecule has 228 valence electrons. The molecule has 0 saturated carbocycles. The summed E-state index contributed by atoms with van der Waals surface area (Å²) in [7, 11) is 0. The van der Waals surface area contributed by atoms with Crippen molar-refractivity contribution in [1.29, 1.82) is 0 Å². The maximum absolute atomic E-state index is 6.48. The minimum absolute atomic E-state index is 0.639. The molecule has 0 atom stereocenters. The number of hydrogen-bond donors (Lipinski definition) is 0.